The molecule has 1 aliphatic rings. The summed E-state index contributed by atoms with van der Waals surface area (Å²) in [5.74, 6) is 0. The maximum Gasteiger partial charge on any atom is 0.319 e. The lowest BCUT2D eigenvalue weighted by Crippen LogP contribution is -2.53. The Bertz CT molecular complexity index is 496. The molecule has 0 radical (unpaired) electrons. The molecule has 0 aliphatic heterocycles. The third kappa shape index (κ3) is 4.37. The molecule has 1 saturated carbocycles. The Kier molecular flexibility index (Phi) is 6.09. The number of nitrogens with zero attached hydrogens (tertiary/aromatic N) is 1. The Balaban J connectivity index is 1.94. The number of carbonyl (C=O) groups is 1. The van der Waals surface area contributed by atoms with Gasteiger partial charge in [-0.05, 0) is 39.1 Å². The average Bonchev–Trinajstić information content (AvgIpc) is 2.74. The topological polar surface area (TPSA) is 44.4 Å². The monoisotopic (exact) mass is 323 g/mol. The van der Waals surface area contributed by atoms with Gasteiger partial charge >= 0.3 is 6.03 Å². The van der Waals surface area contributed by atoms with E-state index in [0.29, 0.717) is 17.3 Å². The molecule has 1 aromatic rings. The molecular formula is C17H26ClN3O. The zero-order chi connectivity index (χ0) is 16.0. The van der Waals surface area contributed by atoms with Gasteiger partial charge in [-0.2, -0.15) is 0 Å². The van der Waals surface area contributed by atoms with Crippen LogP contribution in [0.15, 0.2) is 24.3 Å². The molecule has 4 nitrogen and oxygen atoms in total. The van der Waals surface area contributed by atoms with Gasteiger partial charge in [0.2, 0.25) is 0 Å². The number of hydrogen-bond donors (Lipinski definition) is 2. The van der Waals surface area contributed by atoms with Crippen molar-refractivity contribution in [3.8, 4) is 0 Å². The van der Waals surface area contributed by atoms with Crippen molar-refractivity contribution in [1.82, 2.24) is 10.2 Å². The molecule has 2 rings (SSSR count). The first-order chi connectivity index (χ1) is 10.5. The molecule has 0 saturated heterocycles. The summed E-state index contributed by atoms with van der Waals surface area (Å²) in [6.45, 7) is 0.663. The predicted octanol–water partition coefficient (Wildman–Crippen LogP) is 4.12. The number of hydrogen-bond acceptors (Lipinski definition) is 2. The summed E-state index contributed by atoms with van der Waals surface area (Å²) in [4.78, 5) is 14.4. The number of nitrogens with one attached hydrogen (secondary N) is 2. The average molecular weight is 324 g/mol. The third-order valence-corrected chi connectivity index (χ3v) is 5.01. The van der Waals surface area contributed by atoms with E-state index in [2.05, 4.69) is 29.6 Å². The molecule has 2 amide bonds. The minimum Gasteiger partial charge on any atom is -0.336 e. The van der Waals surface area contributed by atoms with E-state index in [-0.39, 0.29) is 11.6 Å². The highest BCUT2D eigenvalue weighted by atomic mass is 35.5. The summed E-state index contributed by atoms with van der Waals surface area (Å²) in [5.41, 5.74) is 0.704. The van der Waals surface area contributed by atoms with Crippen molar-refractivity contribution in [1.29, 1.82) is 0 Å². The van der Waals surface area contributed by atoms with Gasteiger partial charge in [-0.15, -0.1) is 0 Å². The molecule has 0 bridgehead atoms. The first-order valence-corrected chi connectivity index (χ1v) is 8.38. The highest BCUT2D eigenvalue weighted by Gasteiger charge is 2.33. The maximum atomic E-state index is 12.2. The number of rotatable bonds is 4. The van der Waals surface area contributed by atoms with Gasteiger partial charge in [0.1, 0.15) is 0 Å². The fourth-order valence-corrected chi connectivity index (χ4v) is 3.33. The Morgan fingerprint density at radius 1 is 1.18 bits per heavy atom. The lowest BCUT2D eigenvalue weighted by molar-refractivity contribution is 0.129. The van der Waals surface area contributed by atoms with E-state index >= 15 is 0 Å². The van der Waals surface area contributed by atoms with Crippen LogP contribution in [0.3, 0.4) is 0 Å². The predicted molar refractivity (Wildman–Crippen MR) is 92.6 cm³/mol. The molecule has 122 valence electrons. The van der Waals surface area contributed by atoms with Crippen LogP contribution in [0.2, 0.25) is 5.02 Å². The van der Waals surface area contributed by atoms with E-state index in [1.807, 2.05) is 12.1 Å². The highest BCUT2D eigenvalue weighted by molar-refractivity contribution is 6.33. The largest absolute Gasteiger partial charge is 0.336 e. The summed E-state index contributed by atoms with van der Waals surface area (Å²) < 4.78 is 0. The van der Waals surface area contributed by atoms with Crippen LogP contribution in [-0.4, -0.2) is 37.1 Å². The number of benzene rings is 1. The van der Waals surface area contributed by atoms with Crippen molar-refractivity contribution in [2.45, 2.75) is 44.1 Å². The normalized spacial score (nSPS) is 17.8. The van der Waals surface area contributed by atoms with Crippen molar-refractivity contribution in [3.05, 3.63) is 29.3 Å². The lowest BCUT2D eigenvalue weighted by atomic mass is 9.89. The van der Waals surface area contributed by atoms with E-state index in [0.717, 1.165) is 12.8 Å². The van der Waals surface area contributed by atoms with Gasteiger partial charge in [-0.1, -0.05) is 49.4 Å². The van der Waals surface area contributed by atoms with Crippen molar-refractivity contribution >= 4 is 23.3 Å². The first-order valence-electron chi connectivity index (χ1n) is 8.00. The Hall–Kier alpha value is -1.26. The smallest absolute Gasteiger partial charge is 0.319 e. The molecule has 1 fully saturated rings. The highest BCUT2D eigenvalue weighted by Crippen LogP contribution is 2.30. The van der Waals surface area contributed by atoms with E-state index in [1.54, 1.807) is 12.1 Å². The van der Waals surface area contributed by atoms with Crippen LogP contribution >= 0.6 is 11.6 Å². The Labute approximate surface area is 138 Å². The molecule has 22 heavy (non-hydrogen) atoms. The van der Waals surface area contributed by atoms with Gasteiger partial charge in [-0.25, -0.2) is 4.79 Å². The van der Waals surface area contributed by atoms with Crippen molar-refractivity contribution in [3.63, 3.8) is 0 Å². The van der Waals surface area contributed by atoms with Crippen LogP contribution in [-0.2, 0) is 0 Å². The molecule has 1 aliphatic carbocycles. The van der Waals surface area contributed by atoms with Crippen LogP contribution in [0.25, 0.3) is 0 Å². The standard InChI is InChI=1S/C17H26ClN3O/c1-21(2)17(11-7-3-4-8-12-17)13-19-16(22)20-15-10-6-5-9-14(15)18/h5-6,9-10H,3-4,7-8,11-13H2,1-2H3,(H2,19,20,22). The summed E-state index contributed by atoms with van der Waals surface area (Å²) in [6, 6.07) is 7.07. The molecule has 0 heterocycles. The van der Waals surface area contributed by atoms with Gasteiger partial charge in [0.25, 0.3) is 0 Å². The molecule has 2 N–H and O–H groups in total. The van der Waals surface area contributed by atoms with Gasteiger partial charge in [0.05, 0.1) is 10.7 Å². The van der Waals surface area contributed by atoms with E-state index in [9.17, 15) is 4.79 Å². The van der Waals surface area contributed by atoms with Gasteiger partial charge in [0.15, 0.2) is 0 Å². The summed E-state index contributed by atoms with van der Waals surface area (Å²) >= 11 is 6.07. The van der Waals surface area contributed by atoms with Gasteiger partial charge < -0.3 is 15.5 Å². The van der Waals surface area contributed by atoms with E-state index in [4.69, 9.17) is 11.6 Å². The Morgan fingerprint density at radius 3 is 2.41 bits per heavy atom. The quantitative estimate of drug-likeness (QED) is 0.819. The number of halogens is 1. The minimum absolute atomic E-state index is 0.0638. The molecule has 0 spiro atoms. The summed E-state index contributed by atoms with van der Waals surface area (Å²) in [5, 5.41) is 6.40. The van der Waals surface area contributed by atoms with E-state index < -0.39 is 0 Å². The van der Waals surface area contributed by atoms with Crippen LogP contribution in [0, 0.1) is 0 Å². The summed E-state index contributed by atoms with van der Waals surface area (Å²) in [7, 11) is 4.22. The zero-order valence-electron chi connectivity index (χ0n) is 13.5. The lowest BCUT2D eigenvalue weighted by Gasteiger charge is -2.39. The van der Waals surface area contributed by atoms with Crippen LogP contribution in [0.5, 0.6) is 0 Å². The second-order valence-corrected chi connectivity index (χ2v) is 6.73. The number of para-hydroxylation sites is 1. The molecule has 0 atom stereocenters. The molecule has 0 aromatic heterocycles. The number of urea groups is 1. The van der Waals surface area contributed by atoms with Crippen molar-refractivity contribution in [2.24, 2.45) is 0 Å². The van der Waals surface area contributed by atoms with Gasteiger partial charge in [0, 0.05) is 12.1 Å². The molecule has 5 heteroatoms. The number of anilines is 1. The fraction of sp³-hybridized carbons (Fsp3) is 0.588. The zero-order valence-corrected chi connectivity index (χ0v) is 14.2. The number of likely N-dealkylation sites (N-methyl/N-ethyl adjacent to an activating group) is 1. The maximum absolute atomic E-state index is 12.2. The number of carbonyl (C=O) groups excluding carboxylic acids is 1. The number of amides is 2. The molecule has 0 unspecified atom stereocenters. The second kappa shape index (κ2) is 7.84. The van der Waals surface area contributed by atoms with Crippen LogP contribution < -0.4 is 10.6 Å². The first kappa shape index (κ1) is 17.1. The minimum atomic E-state index is -0.196. The van der Waals surface area contributed by atoms with Crippen LogP contribution in [0.4, 0.5) is 10.5 Å². The van der Waals surface area contributed by atoms with E-state index in [1.165, 1.54) is 25.7 Å². The summed E-state index contributed by atoms with van der Waals surface area (Å²) in [6.07, 6.45) is 7.31. The SMILES string of the molecule is CN(C)C1(CNC(=O)Nc2ccccc2Cl)CCCCCC1. The Morgan fingerprint density at radius 2 is 1.82 bits per heavy atom. The van der Waals surface area contributed by atoms with Crippen molar-refractivity contribution < 1.29 is 4.79 Å². The van der Waals surface area contributed by atoms with Crippen molar-refractivity contribution in [2.75, 3.05) is 26.0 Å². The molecular weight excluding hydrogens is 298 g/mol. The fourth-order valence-electron chi connectivity index (χ4n) is 3.14. The molecule has 1 aromatic carbocycles. The second-order valence-electron chi connectivity index (χ2n) is 6.32. The third-order valence-electron chi connectivity index (χ3n) is 4.68. The van der Waals surface area contributed by atoms with Crippen LogP contribution in [0.1, 0.15) is 38.5 Å². The van der Waals surface area contributed by atoms with Gasteiger partial charge in [-0.3, -0.25) is 0 Å².